The van der Waals surface area contributed by atoms with Gasteiger partial charge in [0, 0.05) is 16.8 Å². The number of benzene rings is 1. The van der Waals surface area contributed by atoms with Crippen LogP contribution in [0.1, 0.15) is 28.8 Å². The number of hydrogen-bond acceptors (Lipinski definition) is 2. The molecule has 1 unspecified atom stereocenters. The Balaban J connectivity index is 1.99. The van der Waals surface area contributed by atoms with Crippen LogP contribution < -0.4 is 0 Å². The molecule has 82 valence electrons. The fourth-order valence-electron chi connectivity index (χ4n) is 2.89. The molecule has 1 aliphatic carbocycles. The van der Waals surface area contributed by atoms with E-state index >= 15 is 0 Å². The van der Waals surface area contributed by atoms with Gasteiger partial charge in [0.2, 0.25) is 0 Å². The van der Waals surface area contributed by atoms with Gasteiger partial charge in [0.15, 0.2) is 5.78 Å². The Morgan fingerprint density at radius 1 is 1.18 bits per heavy atom. The van der Waals surface area contributed by atoms with Gasteiger partial charge in [-0.15, -0.1) is 0 Å². The van der Waals surface area contributed by atoms with E-state index in [1.54, 1.807) is 0 Å². The fraction of sp³-hybridized carbons (Fsp3) is 0.200. The Hall–Kier alpha value is -1.96. The Morgan fingerprint density at radius 2 is 2.06 bits per heavy atom. The van der Waals surface area contributed by atoms with Crippen LogP contribution >= 0.6 is 0 Å². The van der Waals surface area contributed by atoms with Crippen LogP contribution in [0.2, 0.25) is 0 Å². The van der Waals surface area contributed by atoms with E-state index < -0.39 is 0 Å². The molecule has 2 heteroatoms. The highest BCUT2D eigenvalue weighted by Crippen LogP contribution is 2.38. The van der Waals surface area contributed by atoms with Crippen LogP contribution in [0.5, 0.6) is 0 Å². The van der Waals surface area contributed by atoms with Crippen LogP contribution in [0.15, 0.2) is 46.5 Å². The van der Waals surface area contributed by atoms with E-state index in [1.165, 1.54) is 0 Å². The number of carbonyl (C=O) groups is 1. The van der Waals surface area contributed by atoms with Crippen LogP contribution in [0, 0.1) is 0 Å². The molecule has 1 aromatic carbocycles. The Kier molecular flexibility index (Phi) is 1.63. The van der Waals surface area contributed by atoms with Crippen molar-refractivity contribution in [2.45, 2.75) is 18.9 Å². The zero-order valence-corrected chi connectivity index (χ0v) is 9.31. The van der Waals surface area contributed by atoms with Crippen LogP contribution in [0.4, 0.5) is 0 Å². The van der Waals surface area contributed by atoms with Crippen molar-refractivity contribution in [3.05, 3.63) is 52.6 Å². The lowest BCUT2D eigenvalue weighted by Crippen LogP contribution is -2.20. The van der Waals surface area contributed by atoms with Crippen molar-refractivity contribution in [1.82, 2.24) is 0 Å². The van der Waals surface area contributed by atoms with Crippen molar-refractivity contribution in [2.75, 3.05) is 0 Å². The summed E-state index contributed by atoms with van der Waals surface area (Å²) in [5.74, 6) is 0.164. The van der Waals surface area contributed by atoms with Gasteiger partial charge in [-0.2, -0.15) is 0 Å². The molecule has 0 aromatic heterocycles. The van der Waals surface area contributed by atoms with E-state index in [0.29, 0.717) is 0 Å². The molecular formula is C15H11NO. The van der Waals surface area contributed by atoms with Gasteiger partial charge in [0.1, 0.15) is 0 Å². The molecule has 2 bridgehead atoms. The van der Waals surface area contributed by atoms with Crippen LogP contribution in [0.3, 0.4) is 0 Å². The molecular weight excluding hydrogens is 210 g/mol. The zero-order valence-electron chi connectivity index (χ0n) is 9.31. The van der Waals surface area contributed by atoms with Crippen LogP contribution in [-0.2, 0) is 0 Å². The van der Waals surface area contributed by atoms with Crippen molar-refractivity contribution in [3.63, 3.8) is 0 Å². The third-order valence-corrected chi connectivity index (χ3v) is 3.74. The minimum absolute atomic E-state index is 0.164. The second-order valence-electron chi connectivity index (χ2n) is 4.75. The number of ketones is 1. The summed E-state index contributed by atoms with van der Waals surface area (Å²) in [5.41, 5.74) is 4.95. The van der Waals surface area contributed by atoms with Gasteiger partial charge in [-0.3, -0.25) is 9.79 Å². The maximum absolute atomic E-state index is 12.4. The number of dihydropyridines is 1. The Labute approximate surface area is 99.4 Å². The van der Waals surface area contributed by atoms with E-state index in [4.69, 9.17) is 0 Å². The first-order valence-corrected chi connectivity index (χ1v) is 5.97. The molecule has 4 rings (SSSR count). The van der Waals surface area contributed by atoms with E-state index in [1.807, 2.05) is 30.3 Å². The molecule has 0 N–H and O–H groups in total. The SMILES string of the molecule is O=C1C2=CC3=NC(CC3)C2=Cc2ccccc21. The normalized spacial score (nSPS) is 24.6. The maximum Gasteiger partial charge on any atom is 0.194 e. The topological polar surface area (TPSA) is 29.4 Å². The minimum Gasteiger partial charge on any atom is -0.289 e. The van der Waals surface area contributed by atoms with Gasteiger partial charge >= 0.3 is 0 Å². The largest absolute Gasteiger partial charge is 0.289 e. The lowest BCUT2D eigenvalue weighted by atomic mass is 9.83. The summed E-state index contributed by atoms with van der Waals surface area (Å²) in [5, 5.41) is 0. The second kappa shape index (κ2) is 3.04. The van der Waals surface area contributed by atoms with Gasteiger partial charge in [-0.1, -0.05) is 24.3 Å². The van der Waals surface area contributed by atoms with Crippen molar-refractivity contribution < 1.29 is 4.79 Å². The van der Waals surface area contributed by atoms with Gasteiger partial charge in [0.25, 0.3) is 0 Å². The molecule has 3 aliphatic rings. The average molecular weight is 221 g/mol. The van der Waals surface area contributed by atoms with E-state index in [0.717, 1.165) is 40.8 Å². The highest BCUT2D eigenvalue weighted by molar-refractivity contribution is 6.21. The first kappa shape index (κ1) is 9.11. The Bertz CT molecular complexity index is 634. The number of allylic oxidation sites excluding steroid dienone is 1. The van der Waals surface area contributed by atoms with E-state index in [9.17, 15) is 4.79 Å². The number of carbonyl (C=O) groups excluding carboxylic acids is 1. The van der Waals surface area contributed by atoms with Crippen LogP contribution in [0.25, 0.3) is 6.08 Å². The molecule has 2 aliphatic heterocycles. The molecule has 1 atom stereocenters. The highest BCUT2D eigenvalue weighted by atomic mass is 16.1. The fourth-order valence-corrected chi connectivity index (χ4v) is 2.89. The predicted octanol–water partition coefficient (Wildman–Crippen LogP) is 2.81. The third kappa shape index (κ3) is 1.15. The number of hydrogen-bond donors (Lipinski definition) is 0. The first-order chi connectivity index (χ1) is 8.33. The molecule has 0 saturated heterocycles. The van der Waals surface area contributed by atoms with Gasteiger partial charge in [-0.05, 0) is 36.1 Å². The molecule has 1 aromatic rings. The smallest absolute Gasteiger partial charge is 0.194 e. The number of nitrogens with zero attached hydrogens (tertiary/aromatic N) is 1. The number of fused-ring (bicyclic) bond motifs is 4. The molecule has 2 heterocycles. The second-order valence-corrected chi connectivity index (χ2v) is 4.75. The summed E-state index contributed by atoms with van der Waals surface area (Å²) in [6.45, 7) is 0. The average Bonchev–Trinajstić information content (AvgIpc) is 2.75. The van der Waals surface area contributed by atoms with Crippen molar-refractivity contribution in [1.29, 1.82) is 0 Å². The molecule has 0 spiro atoms. The van der Waals surface area contributed by atoms with Gasteiger partial charge in [-0.25, -0.2) is 0 Å². The zero-order chi connectivity index (χ0) is 11.4. The summed E-state index contributed by atoms with van der Waals surface area (Å²) >= 11 is 0. The maximum atomic E-state index is 12.4. The molecule has 0 fully saturated rings. The summed E-state index contributed by atoms with van der Waals surface area (Å²) in [6, 6.07) is 8.03. The van der Waals surface area contributed by atoms with E-state index in [-0.39, 0.29) is 11.8 Å². The molecule has 17 heavy (non-hydrogen) atoms. The number of rotatable bonds is 0. The summed E-state index contributed by atoms with van der Waals surface area (Å²) < 4.78 is 0. The standard InChI is InChI=1S/C15H11NO/c17-15-11-4-2-1-3-9(11)7-12-13(15)8-10-5-6-14(12)16-10/h1-4,7-8,14H,5-6H2. The van der Waals surface area contributed by atoms with Gasteiger partial charge < -0.3 is 0 Å². The quantitative estimate of drug-likeness (QED) is 0.662. The molecule has 0 radical (unpaired) electrons. The highest BCUT2D eigenvalue weighted by Gasteiger charge is 2.34. The van der Waals surface area contributed by atoms with Crippen molar-refractivity contribution >= 4 is 17.6 Å². The minimum atomic E-state index is 0.164. The number of Topliss-reactive ketones (excluding diaryl/α,β-unsaturated/α-hetero) is 1. The van der Waals surface area contributed by atoms with Crippen molar-refractivity contribution in [2.24, 2.45) is 4.99 Å². The molecule has 0 amide bonds. The lowest BCUT2D eigenvalue weighted by molar-refractivity contribution is 0.103. The Morgan fingerprint density at radius 3 is 3.00 bits per heavy atom. The predicted molar refractivity (Wildman–Crippen MR) is 67.3 cm³/mol. The van der Waals surface area contributed by atoms with E-state index in [2.05, 4.69) is 11.1 Å². The molecule has 2 nitrogen and oxygen atoms in total. The summed E-state index contributed by atoms with van der Waals surface area (Å²) in [4.78, 5) is 17.0. The van der Waals surface area contributed by atoms with Crippen molar-refractivity contribution in [3.8, 4) is 0 Å². The molecule has 0 saturated carbocycles. The monoisotopic (exact) mass is 221 g/mol. The summed E-state index contributed by atoms with van der Waals surface area (Å²) in [6.07, 6.45) is 6.18. The third-order valence-electron chi connectivity index (χ3n) is 3.74. The first-order valence-electron chi connectivity index (χ1n) is 5.97. The number of aliphatic imine (C=N–C) groups is 1. The van der Waals surface area contributed by atoms with Gasteiger partial charge in [0.05, 0.1) is 6.04 Å². The summed E-state index contributed by atoms with van der Waals surface area (Å²) in [7, 11) is 0. The van der Waals surface area contributed by atoms with Crippen LogP contribution in [-0.4, -0.2) is 17.5 Å². The lowest BCUT2D eigenvalue weighted by Gasteiger charge is -2.23.